The maximum atomic E-state index is 12.3. The number of carbonyl (C=O) groups excluding carboxylic acids is 1. The zero-order chi connectivity index (χ0) is 18.7. The van der Waals surface area contributed by atoms with Crippen molar-refractivity contribution in [2.45, 2.75) is 0 Å². The van der Waals surface area contributed by atoms with Crippen molar-refractivity contribution in [2.24, 2.45) is 0 Å². The van der Waals surface area contributed by atoms with Gasteiger partial charge in [-0.1, -0.05) is 18.2 Å². The normalized spacial score (nSPS) is 10.5. The minimum absolute atomic E-state index is 0.362. The number of fused-ring (bicyclic) bond motifs is 1. The van der Waals surface area contributed by atoms with Crippen LogP contribution in [-0.2, 0) is 4.74 Å². The smallest absolute Gasteiger partial charge is 0.340 e. The number of aromatic nitrogens is 1. The van der Waals surface area contributed by atoms with Gasteiger partial charge in [0.2, 0.25) is 5.75 Å². The molecule has 1 heterocycles. The van der Waals surface area contributed by atoms with E-state index in [9.17, 15) is 4.79 Å². The third-order valence-corrected chi connectivity index (χ3v) is 4.07. The number of nitrogens with zero attached hydrogens (tertiary/aromatic N) is 1. The molecule has 0 saturated heterocycles. The number of hydrogen-bond acceptors (Lipinski definition) is 6. The molecule has 6 heteroatoms. The molecule has 0 bridgehead atoms. The van der Waals surface area contributed by atoms with Crippen LogP contribution in [0.4, 0.5) is 0 Å². The number of methoxy groups -OCH3 is 4. The van der Waals surface area contributed by atoms with Gasteiger partial charge >= 0.3 is 5.97 Å². The lowest BCUT2D eigenvalue weighted by Gasteiger charge is -2.15. The summed E-state index contributed by atoms with van der Waals surface area (Å²) in [7, 11) is 5.96. The van der Waals surface area contributed by atoms with Crippen molar-refractivity contribution in [3.8, 4) is 28.5 Å². The molecule has 3 aromatic rings. The molecular formula is C20H19NO5. The van der Waals surface area contributed by atoms with E-state index in [4.69, 9.17) is 18.9 Å². The summed E-state index contributed by atoms with van der Waals surface area (Å²) >= 11 is 0. The van der Waals surface area contributed by atoms with E-state index < -0.39 is 5.97 Å². The highest BCUT2D eigenvalue weighted by Gasteiger charge is 2.20. The van der Waals surface area contributed by atoms with Crippen molar-refractivity contribution < 1.29 is 23.7 Å². The fourth-order valence-corrected chi connectivity index (χ4v) is 2.82. The molecule has 0 N–H and O–H groups in total. The molecule has 0 aliphatic carbocycles. The topological polar surface area (TPSA) is 66.9 Å². The van der Waals surface area contributed by atoms with Crippen LogP contribution in [0.3, 0.4) is 0 Å². The van der Waals surface area contributed by atoms with E-state index in [1.54, 1.807) is 18.2 Å². The lowest BCUT2D eigenvalue weighted by atomic mass is 10.0. The number of carbonyl (C=O) groups is 1. The van der Waals surface area contributed by atoms with Crippen LogP contribution >= 0.6 is 0 Å². The Bertz CT molecular complexity index is 943. The first kappa shape index (κ1) is 17.5. The number of ether oxygens (including phenoxy) is 4. The van der Waals surface area contributed by atoms with Gasteiger partial charge in [0.05, 0.1) is 45.2 Å². The monoisotopic (exact) mass is 353 g/mol. The van der Waals surface area contributed by atoms with E-state index in [0.29, 0.717) is 34.1 Å². The fraction of sp³-hybridized carbons (Fsp3) is 0.200. The van der Waals surface area contributed by atoms with Crippen molar-refractivity contribution in [2.75, 3.05) is 28.4 Å². The molecule has 26 heavy (non-hydrogen) atoms. The third kappa shape index (κ3) is 3.01. The van der Waals surface area contributed by atoms with Crippen molar-refractivity contribution in [3.63, 3.8) is 0 Å². The number of hydrogen-bond donors (Lipinski definition) is 0. The lowest BCUT2D eigenvalue weighted by Crippen LogP contribution is -2.06. The quantitative estimate of drug-likeness (QED) is 0.652. The van der Waals surface area contributed by atoms with Crippen LogP contribution in [0.2, 0.25) is 0 Å². The van der Waals surface area contributed by atoms with Gasteiger partial charge < -0.3 is 18.9 Å². The Morgan fingerprint density at radius 3 is 2.12 bits per heavy atom. The third-order valence-electron chi connectivity index (χ3n) is 4.07. The summed E-state index contributed by atoms with van der Waals surface area (Å²) in [5.41, 5.74) is 2.27. The van der Waals surface area contributed by atoms with Crippen LogP contribution in [0.15, 0.2) is 42.5 Å². The maximum absolute atomic E-state index is 12.3. The van der Waals surface area contributed by atoms with E-state index in [1.165, 1.54) is 28.4 Å². The number of rotatable bonds is 5. The van der Waals surface area contributed by atoms with Crippen LogP contribution in [-0.4, -0.2) is 39.4 Å². The fourth-order valence-electron chi connectivity index (χ4n) is 2.82. The minimum atomic E-state index is -0.466. The molecule has 0 fully saturated rings. The summed E-state index contributed by atoms with van der Waals surface area (Å²) in [5.74, 6) is 0.964. The SMILES string of the molecule is COC(=O)c1cc2ccccc2nc1-c1cc(OC)c(OC)c(OC)c1. The van der Waals surface area contributed by atoms with Crippen molar-refractivity contribution >= 4 is 16.9 Å². The molecule has 0 atom stereocenters. The molecule has 0 unspecified atom stereocenters. The zero-order valence-corrected chi connectivity index (χ0v) is 15.0. The number of pyridine rings is 1. The van der Waals surface area contributed by atoms with E-state index in [2.05, 4.69) is 4.98 Å². The van der Waals surface area contributed by atoms with Crippen molar-refractivity contribution in [1.82, 2.24) is 4.98 Å². The number of para-hydroxylation sites is 1. The maximum Gasteiger partial charge on any atom is 0.340 e. The average molecular weight is 353 g/mol. The summed E-state index contributed by atoms with van der Waals surface area (Å²) < 4.78 is 21.1. The standard InChI is InChI=1S/C20H19NO5/c1-23-16-10-13(11-17(24-2)19(16)25-3)18-14(20(22)26-4)9-12-7-5-6-8-15(12)21-18/h5-11H,1-4H3. The van der Waals surface area contributed by atoms with Gasteiger partial charge in [-0.25, -0.2) is 9.78 Å². The molecule has 1 aromatic heterocycles. The Morgan fingerprint density at radius 1 is 0.885 bits per heavy atom. The molecular weight excluding hydrogens is 334 g/mol. The summed E-state index contributed by atoms with van der Waals surface area (Å²) in [6, 6.07) is 12.9. The Labute approximate surface area is 151 Å². The largest absolute Gasteiger partial charge is 0.493 e. The highest BCUT2D eigenvalue weighted by atomic mass is 16.5. The van der Waals surface area contributed by atoms with Crippen molar-refractivity contribution in [1.29, 1.82) is 0 Å². The van der Waals surface area contributed by atoms with Crippen molar-refractivity contribution in [3.05, 3.63) is 48.0 Å². The van der Waals surface area contributed by atoms with Gasteiger partial charge in [0.25, 0.3) is 0 Å². The van der Waals surface area contributed by atoms with E-state index in [1.807, 2.05) is 24.3 Å². The summed E-state index contributed by atoms with van der Waals surface area (Å²) in [6.45, 7) is 0. The molecule has 0 saturated carbocycles. The number of esters is 1. The second-order valence-electron chi connectivity index (χ2n) is 5.48. The summed E-state index contributed by atoms with van der Waals surface area (Å²) in [4.78, 5) is 17.0. The average Bonchev–Trinajstić information content (AvgIpc) is 2.70. The predicted molar refractivity (Wildman–Crippen MR) is 98.2 cm³/mol. The Hall–Kier alpha value is -3.28. The molecule has 0 amide bonds. The Balaban J connectivity index is 2.31. The molecule has 134 valence electrons. The van der Waals surface area contributed by atoms with E-state index in [-0.39, 0.29) is 0 Å². The predicted octanol–water partition coefficient (Wildman–Crippen LogP) is 3.71. The molecule has 0 spiro atoms. The molecule has 2 aromatic carbocycles. The molecule has 0 aliphatic heterocycles. The molecule has 3 rings (SSSR count). The zero-order valence-electron chi connectivity index (χ0n) is 15.0. The highest BCUT2D eigenvalue weighted by molar-refractivity contribution is 6.00. The second kappa shape index (κ2) is 7.31. The summed E-state index contributed by atoms with van der Waals surface area (Å²) in [6.07, 6.45) is 0. The Morgan fingerprint density at radius 2 is 1.54 bits per heavy atom. The van der Waals surface area contributed by atoms with Gasteiger partial charge in [-0.2, -0.15) is 0 Å². The van der Waals surface area contributed by atoms with Gasteiger partial charge in [0, 0.05) is 10.9 Å². The Kier molecular flexibility index (Phi) is 4.93. The lowest BCUT2D eigenvalue weighted by molar-refractivity contribution is 0.0601. The first-order valence-corrected chi connectivity index (χ1v) is 7.91. The van der Waals surface area contributed by atoms with Crippen LogP contribution < -0.4 is 14.2 Å². The van der Waals surface area contributed by atoms with Gasteiger partial charge in [-0.3, -0.25) is 0 Å². The van der Waals surface area contributed by atoms with Crippen LogP contribution in [0.25, 0.3) is 22.2 Å². The van der Waals surface area contributed by atoms with Crippen LogP contribution in [0, 0.1) is 0 Å². The first-order chi connectivity index (χ1) is 12.6. The van der Waals surface area contributed by atoms with E-state index >= 15 is 0 Å². The van der Waals surface area contributed by atoms with Gasteiger partial charge in [0.15, 0.2) is 11.5 Å². The highest BCUT2D eigenvalue weighted by Crippen LogP contribution is 2.41. The number of benzene rings is 2. The first-order valence-electron chi connectivity index (χ1n) is 7.91. The minimum Gasteiger partial charge on any atom is -0.493 e. The van der Waals surface area contributed by atoms with Gasteiger partial charge in [0.1, 0.15) is 0 Å². The van der Waals surface area contributed by atoms with Crippen LogP contribution in [0.1, 0.15) is 10.4 Å². The second-order valence-corrected chi connectivity index (χ2v) is 5.48. The molecule has 6 nitrogen and oxygen atoms in total. The van der Waals surface area contributed by atoms with Crippen LogP contribution in [0.5, 0.6) is 17.2 Å². The van der Waals surface area contributed by atoms with Gasteiger partial charge in [-0.05, 0) is 24.3 Å². The van der Waals surface area contributed by atoms with Gasteiger partial charge in [-0.15, -0.1) is 0 Å². The summed E-state index contributed by atoms with van der Waals surface area (Å²) in [5, 5.41) is 0.851. The molecule has 0 aliphatic rings. The molecule has 0 radical (unpaired) electrons. The van der Waals surface area contributed by atoms with E-state index in [0.717, 1.165) is 10.9 Å².